The maximum atomic E-state index is 5.29. The molecule has 5 heteroatoms. The topological polar surface area (TPSA) is 50.3 Å². The number of hydrogen-bond acceptors (Lipinski definition) is 5. The Kier molecular flexibility index (Phi) is 6.84. The van der Waals surface area contributed by atoms with Crippen LogP contribution in [0.1, 0.15) is 25.0 Å². The minimum atomic E-state index is 0.298. The maximum absolute atomic E-state index is 5.29. The molecule has 1 aromatic heterocycles. The molecule has 5 nitrogen and oxygen atoms in total. The summed E-state index contributed by atoms with van der Waals surface area (Å²) in [6.45, 7) is 5.90. The molecule has 0 atom stereocenters. The van der Waals surface area contributed by atoms with E-state index < -0.39 is 0 Å². The van der Waals surface area contributed by atoms with Crippen molar-refractivity contribution in [3.05, 3.63) is 78.0 Å². The lowest BCUT2D eigenvalue weighted by Crippen LogP contribution is -2.31. The number of methoxy groups -OCH3 is 1. The standard InChI is InChI=1S/C23H28N4O/c1-18(2)27(17-20-8-5-4-6-9-20)23-25-15-13-22(26-23)24-14-12-19-10-7-11-21(16-19)28-3/h4-11,13,15-16,18H,12,14,17H2,1-3H3,(H,24,25,26). The molecule has 146 valence electrons. The molecule has 0 aliphatic rings. The van der Waals surface area contributed by atoms with E-state index in [-0.39, 0.29) is 0 Å². The van der Waals surface area contributed by atoms with Crippen molar-refractivity contribution in [1.82, 2.24) is 9.97 Å². The number of hydrogen-bond donors (Lipinski definition) is 1. The second-order valence-electron chi connectivity index (χ2n) is 6.98. The number of ether oxygens (including phenoxy) is 1. The van der Waals surface area contributed by atoms with Crippen molar-refractivity contribution < 1.29 is 4.74 Å². The van der Waals surface area contributed by atoms with E-state index in [9.17, 15) is 0 Å². The van der Waals surface area contributed by atoms with Crippen molar-refractivity contribution in [3.8, 4) is 5.75 Å². The van der Waals surface area contributed by atoms with Crippen molar-refractivity contribution in [1.29, 1.82) is 0 Å². The third kappa shape index (κ3) is 5.46. The van der Waals surface area contributed by atoms with Gasteiger partial charge in [-0.25, -0.2) is 4.98 Å². The summed E-state index contributed by atoms with van der Waals surface area (Å²) < 4.78 is 5.29. The van der Waals surface area contributed by atoms with Gasteiger partial charge in [0.25, 0.3) is 0 Å². The molecule has 0 saturated carbocycles. The van der Waals surface area contributed by atoms with E-state index in [0.717, 1.165) is 37.0 Å². The van der Waals surface area contributed by atoms with Crippen LogP contribution in [-0.2, 0) is 13.0 Å². The monoisotopic (exact) mass is 376 g/mol. The van der Waals surface area contributed by atoms with Crippen LogP contribution in [0.2, 0.25) is 0 Å². The lowest BCUT2D eigenvalue weighted by atomic mass is 10.1. The molecule has 0 fully saturated rings. The highest BCUT2D eigenvalue weighted by Gasteiger charge is 2.14. The van der Waals surface area contributed by atoms with Crippen molar-refractivity contribution in [2.75, 3.05) is 23.9 Å². The van der Waals surface area contributed by atoms with Gasteiger partial charge in [0, 0.05) is 25.3 Å². The summed E-state index contributed by atoms with van der Waals surface area (Å²) in [5.74, 6) is 2.46. The predicted molar refractivity (Wildman–Crippen MR) is 115 cm³/mol. The molecule has 3 aromatic rings. The Labute approximate surface area is 167 Å². The first-order valence-corrected chi connectivity index (χ1v) is 9.66. The number of anilines is 2. The van der Waals surface area contributed by atoms with Gasteiger partial charge in [-0.3, -0.25) is 0 Å². The van der Waals surface area contributed by atoms with Crippen molar-refractivity contribution >= 4 is 11.8 Å². The van der Waals surface area contributed by atoms with Gasteiger partial charge >= 0.3 is 0 Å². The largest absolute Gasteiger partial charge is 0.497 e. The number of benzene rings is 2. The van der Waals surface area contributed by atoms with Crippen LogP contribution in [0, 0.1) is 0 Å². The Morgan fingerprint density at radius 2 is 1.79 bits per heavy atom. The molecule has 0 aliphatic heterocycles. The fraction of sp³-hybridized carbons (Fsp3) is 0.304. The summed E-state index contributed by atoms with van der Waals surface area (Å²) in [5, 5.41) is 3.41. The smallest absolute Gasteiger partial charge is 0.227 e. The van der Waals surface area contributed by atoms with E-state index in [1.807, 2.05) is 30.5 Å². The number of rotatable bonds is 9. The van der Waals surface area contributed by atoms with Gasteiger partial charge in [0.05, 0.1) is 7.11 Å². The molecule has 28 heavy (non-hydrogen) atoms. The van der Waals surface area contributed by atoms with Crippen LogP contribution in [0.4, 0.5) is 11.8 Å². The Balaban J connectivity index is 1.64. The van der Waals surface area contributed by atoms with E-state index in [4.69, 9.17) is 9.72 Å². The Morgan fingerprint density at radius 1 is 1.00 bits per heavy atom. The minimum Gasteiger partial charge on any atom is -0.497 e. The highest BCUT2D eigenvalue weighted by molar-refractivity contribution is 5.42. The summed E-state index contributed by atoms with van der Waals surface area (Å²) in [6.07, 6.45) is 2.71. The Morgan fingerprint density at radius 3 is 2.54 bits per heavy atom. The number of aromatic nitrogens is 2. The second kappa shape index (κ2) is 9.74. The van der Waals surface area contributed by atoms with E-state index >= 15 is 0 Å². The molecule has 0 unspecified atom stereocenters. The van der Waals surface area contributed by atoms with E-state index in [0.29, 0.717) is 6.04 Å². The Hall–Kier alpha value is -3.08. The summed E-state index contributed by atoms with van der Waals surface area (Å²) in [5.41, 5.74) is 2.48. The molecule has 2 aromatic carbocycles. The van der Waals surface area contributed by atoms with Gasteiger partial charge in [-0.15, -0.1) is 0 Å². The van der Waals surface area contributed by atoms with Gasteiger partial charge in [0.1, 0.15) is 11.6 Å². The van der Waals surface area contributed by atoms with Crippen LogP contribution >= 0.6 is 0 Å². The molecule has 0 saturated heterocycles. The third-order valence-corrected chi connectivity index (χ3v) is 4.57. The molecule has 0 aliphatic carbocycles. The number of nitrogens with zero attached hydrogens (tertiary/aromatic N) is 3. The lowest BCUT2D eigenvalue weighted by molar-refractivity contribution is 0.414. The van der Waals surface area contributed by atoms with Crippen molar-refractivity contribution in [2.45, 2.75) is 32.9 Å². The molecule has 0 bridgehead atoms. The molecular weight excluding hydrogens is 348 g/mol. The molecule has 0 spiro atoms. The van der Waals surface area contributed by atoms with Gasteiger partial charge < -0.3 is 15.0 Å². The molecule has 0 amide bonds. The Bertz CT molecular complexity index is 867. The van der Waals surface area contributed by atoms with Crippen LogP contribution in [-0.4, -0.2) is 29.7 Å². The number of nitrogens with one attached hydrogen (secondary N) is 1. The molecule has 0 radical (unpaired) electrons. The van der Waals surface area contributed by atoms with Crippen LogP contribution in [0.3, 0.4) is 0 Å². The van der Waals surface area contributed by atoms with E-state index in [2.05, 4.69) is 65.4 Å². The van der Waals surface area contributed by atoms with Gasteiger partial charge in [-0.2, -0.15) is 4.98 Å². The third-order valence-electron chi connectivity index (χ3n) is 4.57. The zero-order valence-corrected chi connectivity index (χ0v) is 16.8. The lowest BCUT2D eigenvalue weighted by Gasteiger charge is -2.27. The van der Waals surface area contributed by atoms with Crippen molar-refractivity contribution in [2.24, 2.45) is 0 Å². The highest BCUT2D eigenvalue weighted by atomic mass is 16.5. The van der Waals surface area contributed by atoms with Crippen LogP contribution < -0.4 is 15.0 Å². The molecule has 3 rings (SSSR count). The first-order valence-electron chi connectivity index (χ1n) is 9.66. The normalized spacial score (nSPS) is 10.7. The average Bonchev–Trinajstić information content (AvgIpc) is 2.73. The zero-order valence-electron chi connectivity index (χ0n) is 16.8. The first kappa shape index (κ1) is 19.7. The predicted octanol–water partition coefficient (Wildman–Crippen LogP) is 4.55. The maximum Gasteiger partial charge on any atom is 0.227 e. The second-order valence-corrected chi connectivity index (χ2v) is 6.98. The summed E-state index contributed by atoms with van der Waals surface area (Å²) in [4.78, 5) is 11.4. The quantitative estimate of drug-likeness (QED) is 0.593. The summed E-state index contributed by atoms with van der Waals surface area (Å²) in [6, 6.07) is 20.8. The fourth-order valence-electron chi connectivity index (χ4n) is 3.01. The average molecular weight is 377 g/mol. The van der Waals surface area contributed by atoms with Gasteiger partial charge in [-0.1, -0.05) is 42.5 Å². The minimum absolute atomic E-state index is 0.298. The van der Waals surface area contributed by atoms with Gasteiger partial charge in [0.15, 0.2) is 0 Å². The summed E-state index contributed by atoms with van der Waals surface area (Å²) in [7, 11) is 1.69. The zero-order chi connectivity index (χ0) is 19.8. The van der Waals surface area contributed by atoms with Crippen LogP contribution in [0.5, 0.6) is 5.75 Å². The van der Waals surface area contributed by atoms with Crippen LogP contribution in [0.25, 0.3) is 0 Å². The summed E-state index contributed by atoms with van der Waals surface area (Å²) >= 11 is 0. The van der Waals surface area contributed by atoms with Gasteiger partial charge in [0.2, 0.25) is 5.95 Å². The highest BCUT2D eigenvalue weighted by Crippen LogP contribution is 2.18. The SMILES string of the molecule is COc1cccc(CCNc2ccnc(N(Cc3ccccc3)C(C)C)n2)c1. The van der Waals surface area contributed by atoms with Crippen LogP contribution in [0.15, 0.2) is 66.9 Å². The van der Waals surface area contributed by atoms with Crippen molar-refractivity contribution in [3.63, 3.8) is 0 Å². The van der Waals surface area contributed by atoms with Gasteiger partial charge in [-0.05, 0) is 49.6 Å². The van der Waals surface area contributed by atoms with E-state index in [1.54, 1.807) is 7.11 Å². The molecule has 1 heterocycles. The van der Waals surface area contributed by atoms with E-state index in [1.165, 1.54) is 11.1 Å². The first-order chi connectivity index (χ1) is 13.7. The molecular formula is C23H28N4O. The fourth-order valence-corrected chi connectivity index (χ4v) is 3.01. The molecule has 1 N–H and O–H groups in total.